The number of hydrogen-bond donors (Lipinski definition) is 0. The molecular formula is C23H22O3S. The molecule has 0 atom stereocenters. The first-order valence-electron chi connectivity index (χ1n) is 8.83. The van der Waals surface area contributed by atoms with E-state index in [1.807, 2.05) is 73.7 Å². The molecule has 4 heteroatoms. The molecule has 0 aliphatic heterocycles. The maximum Gasteiger partial charge on any atom is 0.296 e. The molecule has 0 aliphatic rings. The maximum atomic E-state index is 12.3. The lowest BCUT2D eigenvalue weighted by molar-refractivity contribution is 0.325. The molecule has 3 nitrogen and oxygen atoms in total. The third kappa shape index (κ3) is 5.16. The van der Waals surface area contributed by atoms with Crippen molar-refractivity contribution in [1.82, 2.24) is 0 Å². The fraction of sp³-hybridized carbons (Fsp3) is 0.130. The Bertz CT molecular complexity index is 949. The predicted molar refractivity (Wildman–Crippen MR) is 109 cm³/mol. The fourth-order valence-electron chi connectivity index (χ4n) is 2.77. The van der Waals surface area contributed by atoms with Crippen molar-refractivity contribution in [2.75, 3.05) is 6.61 Å². The molecule has 0 saturated carbocycles. The SMILES string of the molecule is Cc1ccc(S(=O)(=O)OCCC=C(c2ccccc2)c2ccccc2)cc1. The van der Waals surface area contributed by atoms with Crippen molar-refractivity contribution >= 4 is 15.7 Å². The smallest absolute Gasteiger partial charge is 0.266 e. The second-order valence-corrected chi connectivity index (χ2v) is 7.84. The Morgan fingerprint density at radius 2 is 1.33 bits per heavy atom. The van der Waals surface area contributed by atoms with Crippen LogP contribution in [0.1, 0.15) is 23.1 Å². The van der Waals surface area contributed by atoms with Crippen LogP contribution in [0, 0.1) is 6.92 Å². The molecule has 3 rings (SSSR count). The summed E-state index contributed by atoms with van der Waals surface area (Å²) in [7, 11) is -3.73. The minimum Gasteiger partial charge on any atom is -0.266 e. The molecule has 0 fully saturated rings. The number of hydrogen-bond acceptors (Lipinski definition) is 3. The summed E-state index contributed by atoms with van der Waals surface area (Å²) in [6, 6.07) is 26.8. The molecule has 0 amide bonds. The lowest BCUT2D eigenvalue weighted by atomic mass is 9.97. The summed E-state index contributed by atoms with van der Waals surface area (Å²) in [6.07, 6.45) is 2.51. The largest absolute Gasteiger partial charge is 0.296 e. The molecule has 0 unspecified atom stereocenters. The minimum atomic E-state index is -3.73. The lowest BCUT2D eigenvalue weighted by Gasteiger charge is -2.09. The van der Waals surface area contributed by atoms with Crippen LogP contribution in [0.5, 0.6) is 0 Å². The van der Waals surface area contributed by atoms with E-state index in [9.17, 15) is 8.42 Å². The van der Waals surface area contributed by atoms with E-state index in [0.717, 1.165) is 22.3 Å². The molecule has 0 bridgehead atoms. The number of rotatable bonds is 7. The molecule has 0 aromatic heterocycles. The Kier molecular flexibility index (Phi) is 6.22. The zero-order valence-electron chi connectivity index (χ0n) is 15.2. The van der Waals surface area contributed by atoms with Crippen molar-refractivity contribution in [1.29, 1.82) is 0 Å². The van der Waals surface area contributed by atoms with Crippen LogP contribution in [0.15, 0.2) is 95.9 Å². The van der Waals surface area contributed by atoms with Crippen molar-refractivity contribution in [2.24, 2.45) is 0 Å². The highest BCUT2D eigenvalue weighted by Crippen LogP contribution is 2.24. The van der Waals surface area contributed by atoms with Gasteiger partial charge in [-0.25, -0.2) is 0 Å². The van der Waals surface area contributed by atoms with Crippen molar-refractivity contribution in [3.63, 3.8) is 0 Å². The minimum absolute atomic E-state index is 0.0966. The third-order valence-electron chi connectivity index (χ3n) is 4.18. The van der Waals surface area contributed by atoms with Gasteiger partial charge in [-0.2, -0.15) is 8.42 Å². The lowest BCUT2D eigenvalue weighted by Crippen LogP contribution is -2.07. The molecule has 0 heterocycles. The highest BCUT2D eigenvalue weighted by molar-refractivity contribution is 7.86. The van der Waals surface area contributed by atoms with Gasteiger partial charge >= 0.3 is 0 Å². The van der Waals surface area contributed by atoms with Gasteiger partial charge < -0.3 is 0 Å². The van der Waals surface area contributed by atoms with Gasteiger partial charge in [0, 0.05) is 0 Å². The van der Waals surface area contributed by atoms with Gasteiger partial charge in [0.1, 0.15) is 0 Å². The van der Waals surface area contributed by atoms with Crippen LogP contribution >= 0.6 is 0 Å². The molecule has 3 aromatic carbocycles. The van der Waals surface area contributed by atoms with E-state index in [4.69, 9.17) is 4.18 Å². The van der Waals surface area contributed by atoms with E-state index < -0.39 is 10.1 Å². The van der Waals surface area contributed by atoms with Crippen LogP contribution < -0.4 is 0 Å². The Morgan fingerprint density at radius 3 is 1.85 bits per heavy atom. The molecule has 0 spiro atoms. The number of aryl methyl sites for hydroxylation is 1. The summed E-state index contributed by atoms with van der Waals surface area (Å²) >= 11 is 0. The van der Waals surface area contributed by atoms with E-state index in [-0.39, 0.29) is 11.5 Å². The van der Waals surface area contributed by atoms with Crippen LogP contribution in [0.2, 0.25) is 0 Å². The van der Waals surface area contributed by atoms with Crippen LogP contribution in [0.25, 0.3) is 5.57 Å². The topological polar surface area (TPSA) is 43.4 Å². The number of benzene rings is 3. The zero-order chi connectivity index (χ0) is 19.1. The molecular weight excluding hydrogens is 356 g/mol. The average Bonchev–Trinajstić information content (AvgIpc) is 2.69. The molecule has 138 valence electrons. The first-order valence-corrected chi connectivity index (χ1v) is 10.2. The van der Waals surface area contributed by atoms with Gasteiger partial charge in [0.05, 0.1) is 11.5 Å². The van der Waals surface area contributed by atoms with Gasteiger partial charge in [-0.05, 0) is 42.2 Å². The molecule has 0 aliphatic carbocycles. The maximum absolute atomic E-state index is 12.3. The molecule has 3 aromatic rings. The van der Waals surface area contributed by atoms with Crippen LogP contribution in [0.4, 0.5) is 0 Å². The summed E-state index contributed by atoms with van der Waals surface area (Å²) in [5.41, 5.74) is 4.25. The second kappa shape index (κ2) is 8.80. The average molecular weight is 378 g/mol. The van der Waals surface area contributed by atoms with E-state index in [1.54, 1.807) is 24.3 Å². The Balaban J connectivity index is 1.73. The summed E-state index contributed by atoms with van der Waals surface area (Å²) in [5, 5.41) is 0. The monoisotopic (exact) mass is 378 g/mol. The molecule has 0 saturated heterocycles. The first-order chi connectivity index (χ1) is 13.1. The quantitative estimate of drug-likeness (QED) is 0.418. The van der Waals surface area contributed by atoms with Crippen molar-refractivity contribution in [3.8, 4) is 0 Å². The Morgan fingerprint density at radius 1 is 0.815 bits per heavy atom. The molecule has 0 N–H and O–H groups in total. The van der Waals surface area contributed by atoms with E-state index in [1.165, 1.54) is 0 Å². The van der Waals surface area contributed by atoms with Gasteiger partial charge in [0.25, 0.3) is 10.1 Å². The first kappa shape index (κ1) is 19.1. The molecule has 27 heavy (non-hydrogen) atoms. The van der Waals surface area contributed by atoms with E-state index >= 15 is 0 Å². The Labute approximate surface area is 161 Å². The predicted octanol–water partition coefficient (Wildman–Crippen LogP) is 5.22. The van der Waals surface area contributed by atoms with Crippen LogP contribution in [-0.2, 0) is 14.3 Å². The van der Waals surface area contributed by atoms with Crippen molar-refractivity contribution in [2.45, 2.75) is 18.2 Å². The fourth-order valence-corrected chi connectivity index (χ4v) is 3.69. The van der Waals surface area contributed by atoms with Gasteiger partial charge in [0.2, 0.25) is 0 Å². The summed E-state index contributed by atoms with van der Waals surface area (Å²) < 4.78 is 29.8. The van der Waals surface area contributed by atoms with Gasteiger partial charge in [-0.1, -0.05) is 84.4 Å². The highest BCUT2D eigenvalue weighted by Gasteiger charge is 2.14. The summed E-state index contributed by atoms with van der Waals surface area (Å²) in [6.45, 7) is 2.01. The summed E-state index contributed by atoms with van der Waals surface area (Å²) in [5.74, 6) is 0. The van der Waals surface area contributed by atoms with E-state index in [0.29, 0.717) is 6.42 Å². The van der Waals surface area contributed by atoms with Crippen LogP contribution in [0.3, 0.4) is 0 Å². The molecule has 0 radical (unpaired) electrons. The van der Waals surface area contributed by atoms with Crippen molar-refractivity contribution in [3.05, 3.63) is 108 Å². The zero-order valence-corrected chi connectivity index (χ0v) is 16.0. The van der Waals surface area contributed by atoms with Crippen molar-refractivity contribution < 1.29 is 12.6 Å². The van der Waals surface area contributed by atoms with Gasteiger partial charge in [0.15, 0.2) is 0 Å². The summed E-state index contributed by atoms with van der Waals surface area (Å²) in [4.78, 5) is 0.184. The van der Waals surface area contributed by atoms with E-state index in [2.05, 4.69) is 0 Å². The Hall–Kier alpha value is -2.69. The second-order valence-electron chi connectivity index (χ2n) is 6.23. The highest BCUT2D eigenvalue weighted by atomic mass is 32.2. The van der Waals surface area contributed by atoms with Crippen LogP contribution in [-0.4, -0.2) is 15.0 Å². The van der Waals surface area contributed by atoms with Gasteiger partial charge in [-0.3, -0.25) is 4.18 Å². The van der Waals surface area contributed by atoms with Gasteiger partial charge in [-0.15, -0.1) is 0 Å². The normalized spacial score (nSPS) is 11.1. The third-order valence-corrected chi connectivity index (χ3v) is 5.51. The standard InChI is InChI=1S/C23H22O3S/c1-19-14-16-22(17-15-19)27(24,25)26-18-8-13-23(20-9-4-2-5-10-20)21-11-6-3-7-12-21/h2-7,9-17H,8,18H2,1H3.